The number of carbonyl (C=O) groups is 1. The van der Waals surface area contributed by atoms with Gasteiger partial charge in [-0.2, -0.15) is 0 Å². The minimum absolute atomic E-state index is 0.113. The number of hydrogen-bond acceptors (Lipinski definition) is 3. The highest BCUT2D eigenvalue weighted by atomic mass is 16.3. The van der Waals surface area contributed by atoms with Crippen LogP contribution in [0.3, 0.4) is 0 Å². The van der Waals surface area contributed by atoms with Crippen LogP contribution < -0.4 is 0 Å². The van der Waals surface area contributed by atoms with Crippen molar-refractivity contribution in [3.8, 4) is 0 Å². The van der Waals surface area contributed by atoms with Gasteiger partial charge in [-0.25, -0.2) is 0 Å². The summed E-state index contributed by atoms with van der Waals surface area (Å²) in [6.07, 6.45) is 10.0. The summed E-state index contributed by atoms with van der Waals surface area (Å²) in [6, 6.07) is 0.706. The summed E-state index contributed by atoms with van der Waals surface area (Å²) >= 11 is 0. The third kappa shape index (κ3) is 3.80. The fourth-order valence-corrected chi connectivity index (χ4v) is 4.64. The SMILES string of the molecule is CC(C)=CC(=O)N1CC[C@@]2(O)CCN(C3CCCCC3)C[C@H]2C1. The predicted octanol–water partition coefficient (Wildman–Crippen LogP) is 2.57. The summed E-state index contributed by atoms with van der Waals surface area (Å²) in [5.41, 5.74) is 0.496. The molecule has 1 amide bonds. The summed E-state index contributed by atoms with van der Waals surface area (Å²) in [5.74, 6) is 0.322. The van der Waals surface area contributed by atoms with E-state index in [2.05, 4.69) is 4.90 Å². The van der Waals surface area contributed by atoms with Crippen LogP contribution in [0.25, 0.3) is 0 Å². The van der Waals surface area contributed by atoms with Crippen LogP contribution in [-0.2, 0) is 4.79 Å². The second-order valence-corrected chi connectivity index (χ2v) is 8.09. The first-order valence-corrected chi connectivity index (χ1v) is 9.38. The zero-order valence-corrected chi connectivity index (χ0v) is 14.8. The van der Waals surface area contributed by atoms with E-state index >= 15 is 0 Å². The molecule has 0 bridgehead atoms. The van der Waals surface area contributed by atoms with Crippen LogP contribution >= 0.6 is 0 Å². The number of amides is 1. The largest absolute Gasteiger partial charge is 0.389 e. The van der Waals surface area contributed by atoms with Gasteiger partial charge in [0.1, 0.15) is 0 Å². The number of likely N-dealkylation sites (tertiary alicyclic amines) is 2. The molecule has 0 spiro atoms. The monoisotopic (exact) mass is 320 g/mol. The number of aliphatic hydroxyl groups is 1. The Morgan fingerprint density at radius 1 is 1.09 bits per heavy atom. The van der Waals surface area contributed by atoms with E-state index in [1.807, 2.05) is 18.7 Å². The lowest BCUT2D eigenvalue weighted by Gasteiger charge is -2.52. The van der Waals surface area contributed by atoms with E-state index in [1.165, 1.54) is 32.1 Å². The van der Waals surface area contributed by atoms with E-state index in [-0.39, 0.29) is 11.8 Å². The molecule has 0 aromatic rings. The minimum Gasteiger partial charge on any atom is -0.389 e. The smallest absolute Gasteiger partial charge is 0.246 e. The summed E-state index contributed by atoms with van der Waals surface area (Å²) in [6.45, 7) is 7.31. The predicted molar refractivity (Wildman–Crippen MR) is 92.1 cm³/mol. The van der Waals surface area contributed by atoms with Gasteiger partial charge in [-0.05, 0) is 39.5 Å². The van der Waals surface area contributed by atoms with Crippen molar-refractivity contribution in [2.45, 2.75) is 70.4 Å². The van der Waals surface area contributed by atoms with Crippen molar-refractivity contribution in [3.63, 3.8) is 0 Å². The number of nitrogens with zero attached hydrogens (tertiary/aromatic N) is 2. The van der Waals surface area contributed by atoms with Crippen LogP contribution in [0.5, 0.6) is 0 Å². The van der Waals surface area contributed by atoms with Crippen LogP contribution in [-0.4, -0.2) is 58.6 Å². The molecule has 3 fully saturated rings. The Labute approximate surface area is 140 Å². The Hall–Kier alpha value is -0.870. The van der Waals surface area contributed by atoms with Crippen LogP contribution in [0.2, 0.25) is 0 Å². The van der Waals surface area contributed by atoms with Crippen molar-refractivity contribution < 1.29 is 9.90 Å². The number of hydrogen-bond donors (Lipinski definition) is 1. The lowest BCUT2D eigenvalue weighted by Crippen LogP contribution is -2.61. The molecule has 0 aromatic heterocycles. The average Bonchev–Trinajstić information content (AvgIpc) is 2.54. The lowest BCUT2D eigenvalue weighted by atomic mass is 9.75. The maximum Gasteiger partial charge on any atom is 0.246 e. The fraction of sp³-hybridized carbons (Fsp3) is 0.842. The normalized spacial score (nSPS) is 33.2. The van der Waals surface area contributed by atoms with Gasteiger partial charge in [0.15, 0.2) is 0 Å². The summed E-state index contributed by atoms with van der Waals surface area (Å²) < 4.78 is 0. The van der Waals surface area contributed by atoms with Gasteiger partial charge in [-0.1, -0.05) is 24.8 Å². The second-order valence-electron chi connectivity index (χ2n) is 8.09. The molecule has 0 unspecified atom stereocenters. The molecule has 4 heteroatoms. The van der Waals surface area contributed by atoms with Crippen LogP contribution in [0, 0.1) is 5.92 Å². The molecular formula is C19H32N2O2. The number of carbonyl (C=O) groups excluding carboxylic acids is 1. The lowest BCUT2D eigenvalue weighted by molar-refractivity contribution is -0.144. The van der Waals surface area contributed by atoms with Gasteiger partial charge < -0.3 is 10.0 Å². The van der Waals surface area contributed by atoms with Crippen molar-refractivity contribution in [2.75, 3.05) is 26.2 Å². The highest BCUT2D eigenvalue weighted by Crippen LogP contribution is 2.37. The summed E-state index contributed by atoms with van der Waals surface area (Å²) in [5, 5.41) is 11.0. The second kappa shape index (κ2) is 6.94. The van der Waals surface area contributed by atoms with Gasteiger partial charge in [0.25, 0.3) is 0 Å². The zero-order valence-electron chi connectivity index (χ0n) is 14.8. The molecule has 0 aromatic carbocycles. The quantitative estimate of drug-likeness (QED) is 0.795. The molecule has 2 aliphatic heterocycles. The fourth-order valence-electron chi connectivity index (χ4n) is 4.64. The van der Waals surface area contributed by atoms with Crippen molar-refractivity contribution in [1.82, 2.24) is 9.80 Å². The van der Waals surface area contributed by atoms with Crippen molar-refractivity contribution >= 4 is 5.91 Å². The van der Waals surface area contributed by atoms with E-state index < -0.39 is 5.60 Å². The Morgan fingerprint density at radius 2 is 1.78 bits per heavy atom. The first kappa shape index (κ1) is 17.0. The van der Waals surface area contributed by atoms with Gasteiger partial charge >= 0.3 is 0 Å². The Balaban J connectivity index is 1.65. The van der Waals surface area contributed by atoms with E-state index in [9.17, 15) is 9.90 Å². The number of piperidine rings is 2. The molecule has 2 heterocycles. The van der Waals surface area contributed by atoms with E-state index in [0.717, 1.165) is 31.5 Å². The Kier molecular flexibility index (Phi) is 5.12. The molecule has 2 saturated heterocycles. The van der Waals surface area contributed by atoms with Gasteiger partial charge in [-0.3, -0.25) is 9.69 Å². The van der Waals surface area contributed by atoms with E-state index in [4.69, 9.17) is 0 Å². The molecule has 130 valence electrons. The van der Waals surface area contributed by atoms with Crippen molar-refractivity contribution in [3.05, 3.63) is 11.6 Å². The molecule has 1 saturated carbocycles. The summed E-state index contributed by atoms with van der Waals surface area (Å²) in [7, 11) is 0. The molecule has 3 aliphatic rings. The highest BCUT2D eigenvalue weighted by Gasteiger charge is 2.46. The third-order valence-corrected chi connectivity index (χ3v) is 6.12. The van der Waals surface area contributed by atoms with Gasteiger partial charge in [-0.15, -0.1) is 0 Å². The van der Waals surface area contributed by atoms with E-state index in [0.29, 0.717) is 19.1 Å². The van der Waals surface area contributed by atoms with Crippen molar-refractivity contribution in [1.29, 1.82) is 0 Å². The third-order valence-electron chi connectivity index (χ3n) is 6.12. The summed E-state index contributed by atoms with van der Waals surface area (Å²) in [4.78, 5) is 16.9. The first-order chi connectivity index (χ1) is 11.0. The van der Waals surface area contributed by atoms with Crippen molar-refractivity contribution in [2.24, 2.45) is 5.92 Å². The molecule has 3 rings (SSSR count). The Morgan fingerprint density at radius 3 is 2.48 bits per heavy atom. The van der Waals surface area contributed by atoms with Crippen LogP contribution in [0.4, 0.5) is 0 Å². The molecule has 1 N–H and O–H groups in total. The van der Waals surface area contributed by atoms with Gasteiger partial charge in [0.05, 0.1) is 5.60 Å². The van der Waals surface area contributed by atoms with Gasteiger partial charge in [0, 0.05) is 44.2 Å². The Bertz CT molecular complexity index is 466. The minimum atomic E-state index is -0.549. The van der Waals surface area contributed by atoms with E-state index in [1.54, 1.807) is 6.08 Å². The number of allylic oxidation sites excluding steroid dienone is 1. The first-order valence-electron chi connectivity index (χ1n) is 9.38. The molecule has 23 heavy (non-hydrogen) atoms. The molecule has 2 atom stereocenters. The standard InChI is InChI=1S/C19H32N2O2/c1-15(2)12-18(22)21-11-9-19(23)8-10-20(13-16(19)14-21)17-6-4-3-5-7-17/h12,16-17,23H,3-11,13-14H2,1-2H3/t16-,19-/m0/s1. The topological polar surface area (TPSA) is 43.8 Å². The molecule has 1 aliphatic carbocycles. The molecule has 0 radical (unpaired) electrons. The van der Waals surface area contributed by atoms with Gasteiger partial charge in [0.2, 0.25) is 5.91 Å². The number of fused-ring (bicyclic) bond motifs is 1. The zero-order chi connectivity index (χ0) is 16.4. The average molecular weight is 320 g/mol. The molecular weight excluding hydrogens is 288 g/mol. The van der Waals surface area contributed by atoms with Crippen LogP contribution in [0.15, 0.2) is 11.6 Å². The maximum absolute atomic E-state index is 12.3. The molecule has 4 nitrogen and oxygen atoms in total. The highest BCUT2D eigenvalue weighted by molar-refractivity contribution is 5.88. The number of rotatable bonds is 2. The van der Waals surface area contributed by atoms with Crippen LogP contribution in [0.1, 0.15) is 58.8 Å². The maximum atomic E-state index is 12.3.